The summed E-state index contributed by atoms with van der Waals surface area (Å²) in [6, 6.07) is 8.97. The van der Waals surface area contributed by atoms with Crippen LogP contribution in [0.1, 0.15) is 12.5 Å². The first-order chi connectivity index (χ1) is 9.11. The van der Waals surface area contributed by atoms with Crippen LogP contribution in [0.4, 0.5) is 4.79 Å². The molecule has 0 fully saturated rings. The number of benzene rings is 1. The van der Waals surface area contributed by atoms with E-state index in [1.807, 2.05) is 30.3 Å². The number of hydrogen-bond donors (Lipinski definition) is 3. The van der Waals surface area contributed by atoms with E-state index in [2.05, 4.69) is 10.6 Å². The summed E-state index contributed by atoms with van der Waals surface area (Å²) in [6.07, 6.45) is 0. The first-order valence-electron chi connectivity index (χ1n) is 6.16. The molecule has 6 heteroatoms. The number of hydrogen-bond acceptors (Lipinski definition) is 3. The smallest absolute Gasteiger partial charge is 0.315 e. The maximum absolute atomic E-state index is 11.8. The summed E-state index contributed by atoms with van der Waals surface area (Å²) >= 11 is 0. The summed E-state index contributed by atoms with van der Waals surface area (Å²) in [4.78, 5) is 11.3. The van der Waals surface area contributed by atoms with Gasteiger partial charge in [0, 0.05) is 28.9 Å². The molecule has 5 nitrogen and oxygen atoms in total. The van der Waals surface area contributed by atoms with E-state index in [0.29, 0.717) is 18.1 Å². The van der Waals surface area contributed by atoms with E-state index in [9.17, 15) is 9.00 Å². The molecule has 0 heterocycles. The van der Waals surface area contributed by atoms with Gasteiger partial charge in [0.25, 0.3) is 0 Å². The molecule has 0 radical (unpaired) electrons. The normalized spacial score (nSPS) is 13.6. The SMILES string of the molecule is CC(CO)NC(=O)NCCS(=O)Cc1ccccc1. The van der Waals surface area contributed by atoms with Crippen molar-refractivity contribution in [1.29, 1.82) is 0 Å². The van der Waals surface area contributed by atoms with Crippen molar-refractivity contribution >= 4 is 16.8 Å². The largest absolute Gasteiger partial charge is 0.394 e. The van der Waals surface area contributed by atoms with Gasteiger partial charge in [0.05, 0.1) is 12.6 Å². The molecule has 0 aliphatic heterocycles. The predicted molar refractivity (Wildman–Crippen MR) is 76.2 cm³/mol. The standard InChI is InChI=1S/C13H20N2O3S/c1-11(9-16)15-13(17)14-7-8-19(18)10-12-5-3-2-4-6-12/h2-6,11,16H,7-10H2,1H3,(H2,14,15,17). The lowest BCUT2D eigenvalue weighted by Gasteiger charge is -2.11. The van der Waals surface area contributed by atoms with Gasteiger partial charge in [-0.05, 0) is 12.5 Å². The molecule has 19 heavy (non-hydrogen) atoms. The minimum atomic E-state index is -0.994. The van der Waals surface area contributed by atoms with Crippen LogP contribution >= 0.6 is 0 Å². The number of carbonyl (C=O) groups excluding carboxylic acids is 1. The number of aliphatic hydroxyl groups is 1. The molecule has 0 saturated heterocycles. The van der Waals surface area contributed by atoms with Crippen LogP contribution in [0.15, 0.2) is 30.3 Å². The van der Waals surface area contributed by atoms with Crippen LogP contribution in [0.5, 0.6) is 0 Å². The van der Waals surface area contributed by atoms with Crippen molar-refractivity contribution in [3.63, 3.8) is 0 Å². The monoisotopic (exact) mass is 284 g/mol. The number of aliphatic hydroxyl groups excluding tert-OH is 1. The van der Waals surface area contributed by atoms with E-state index >= 15 is 0 Å². The lowest BCUT2D eigenvalue weighted by Crippen LogP contribution is -2.43. The molecule has 0 aliphatic carbocycles. The number of amides is 2. The van der Waals surface area contributed by atoms with Gasteiger partial charge < -0.3 is 15.7 Å². The van der Waals surface area contributed by atoms with Gasteiger partial charge in [0.15, 0.2) is 0 Å². The molecule has 2 unspecified atom stereocenters. The Labute approximate surface area is 115 Å². The van der Waals surface area contributed by atoms with E-state index in [-0.39, 0.29) is 18.7 Å². The highest BCUT2D eigenvalue weighted by atomic mass is 32.2. The molecule has 106 valence electrons. The van der Waals surface area contributed by atoms with Crippen LogP contribution in [0.2, 0.25) is 0 Å². The molecule has 0 bridgehead atoms. The van der Waals surface area contributed by atoms with Crippen LogP contribution in [0.25, 0.3) is 0 Å². The molecule has 0 aliphatic rings. The molecular weight excluding hydrogens is 264 g/mol. The first-order valence-corrected chi connectivity index (χ1v) is 7.64. The van der Waals surface area contributed by atoms with Crippen LogP contribution in [-0.4, -0.2) is 40.3 Å². The Morgan fingerprint density at radius 2 is 2.05 bits per heavy atom. The number of nitrogens with one attached hydrogen (secondary N) is 2. The molecule has 1 aromatic rings. The topological polar surface area (TPSA) is 78.4 Å². The maximum atomic E-state index is 11.8. The zero-order valence-corrected chi connectivity index (χ0v) is 11.8. The van der Waals surface area contributed by atoms with Crippen molar-refractivity contribution in [2.24, 2.45) is 0 Å². The second-order valence-corrected chi connectivity index (χ2v) is 5.83. The van der Waals surface area contributed by atoms with Crippen LogP contribution in [-0.2, 0) is 16.6 Å². The number of carbonyl (C=O) groups is 1. The summed E-state index contributed by atoms with van der Waals surface area (Å²) in [5.74, 6) is 0.910. The Kier molecular flexibility index (Phi) is 7.14. The summed E-state index contributed by atoms with van der Waals surface area (Å²) < 4.78 is 11.8. The fourth-order valence-corrected chi connectivity index (χ4v) is 2.47. The third-order valence-corrected chi connectivity index (χ3v) is 3.75. The van der Waals surface area contributed by atoms with E-state index in [1.54, 1.807) is 6.92 Å². The quantitative estimate of drug-likeness (QED) is 0.686. The molecule has 2 atom stereocenters. The molecule has 0 spiro atoms. The van der Waals surface area contributed by atoms with E-state index in [0.717, 1.165) is 5.56 Å². The van der Waals surface area contributed by atoms with Crippen LogP contribution in [0, 0.1) is 0 Å². The number of rotatable bonds is 7. The maximum Gasteiger partial charge on any atom is 0.315 e. The van der Waals surface area contributed by atoms with Crippen molar-refractivity contribution in [3.05, 3.63) is 35.9 Å². The Hall–Kier alpha value is -1.40. The average Bonchev–Trinajstić information content (AvgIpc) is 2.39. The van der Waals surface area contributed by atoms with E-state index in [4.69, 9.17) is 5.11 Å². The second-order valence-electron chi connectivity index (χ2n) is 4.26. The molecule has 1 aromatic carbocycles. The minimum absolute atomic E-state index is 0.104. The summed E-state index contributed by atoms with van der Waals surface area (Å²) in [7, 11) is -0.994. The fraction of sp³-hybridized carbons (Fsp3) is 0.462. The Bertz CT molecular complexity index is 412. The van der Waals surface area contributed by atoms with Gasteiger partial charge >= 0.3 is 6.03 Å². The zero-order chi connectivity index (χ0) is 14.1. The molecule has 0 aromatic heterocycles. The van der Waals surface area contributed by atoms with Crippen LogP contribution < -0.4 is 10.6 Å². The van der Waals surface area contributed by atoms with Crippen molar-refractivity contribution in [3.8, 4) is 0 Å². The highest BCUT2D eigenvalue weighted by Crippen LogP contribution is 2.02. The highest BCUT2D eigenvalue weighted by molar-refractivity contribution is 7.84. The van der Waals surface area contributed by atoms with Crippen molar-refractivity contribution in [1.82, 2.24) is 10.6 Å². The van der Waals surface area contributed by atoms with Crippen molar-refractivity contribution in [2.75, 3.05) is 18.9 Å². The molecule has 2 amide bonds. The molecule has 1 rings (SSSR count). The average molecular weight is 284 g/mol. The summed E-state index contributed by atoms with van der Waals surface area (Å²) in [6.45, 7) is 1.95. The Morgan fingerprint density at radius 3 is 2.68 bits per heavy atom. The van der Waals surface area contributed by atoms with Gasteiger partial charge in [-0.2, -0.15) is 0 Å². The molecule has 3 N–H and O–H groups in total. The first kappa shape index (κ1) is 15.7. The van der Waals surface area contributed by atoms with Crippen molar-refractivity contribution < 1.29 is 14.1 Å². The van der Waals surface area contributed by atoms with Crippen molar-refractivity contribution in [2.45, 2.75) is 18.7 Å². The Balaban J connectivity index is 2.19. The lowest BCUT2D eigenvalue weighted by atomic mass is 10.2. The second kappa shape index (κ2) is 8.66. The van der Waals surface area contributed by atoms with Gasteiger partial charge in [-0.25, -0.2) is 4.79 Å². The van der Waals surface area contributed by atoms with Gasteiger partial charge in [-0.15, -0.1) is 0 Å². The van der Waals surface area contributed by atoms with Gasteiger partial charge in [0.1, 0.15) is 0 Å². The summed E-state index contributed by atoms with van der Waals surface area (Å²) in [5, 5.41) is 13.9. The zero-order valence-electron chi connectivity index (χ0n) is 11.0. The third-order valence-electron chi connectivity index (χ3n) is 2.44. The predicted octanol–water partition coefficient (Wildman–Crippen LogP) is 0.615. The van der Waals surface area contributed by atoms with Crippen LogP contribution in [0.3, 0.4) is 0 Å². The highest BCUT2D eigenvalue weighted by Gasteiger charge is 2.06. The lowest BCUT2D eigenvalue weighted by molar-refractivity contribution is 0.221. The molecular formula is C13H20N2O3S. The van der Waals surface area contributed by atoms with Gasteiger partial charge in [-0.1, -0.05) is 30.3 Å². The Morgan fingerprint density at radius 1 is 1.37 bits per heavy atom. The van der Waals surface area contributed by atoms with E-state index < -0.39 is 10.8 Å². The number of urea groups is 1. The minimum Gasteiger partial charge on any atom is -0.394 e. The van der Waals surface area contributed by atoms with E-state index in [1.165, 1.54) is 0 Å². The third kappa shape index (κ3) is 6.93. The molecule has 0 saturated carbocycles. The van der Waals surface area contributed by atoms with Gasteiger partial charge in [0.2, 0.25) is 0 Å². The summed E-state index contributed by atoms with van der Waals surface area (Å²) in [5.41, 5.74) is 1.03. The fourth-order valence-electron chi connectivity index (χ4n) is 1.43. The van der Waals surface area contributed by atoms with Gasteiger partial charge in [-0.3, -0.25) is 4.21 Å².